The number of Topliss-reactive ketones (excluding diaryl/α,β-unsaturated/α-hetero) is 1. The van der Waals surface area contributed by atoms with Crippen molar-refractivity contribution in [3.63, 3.8) is 0 Å². The number of benzene rings is 1. The Morgan fingerprint density at radius 3 is 2.50 bits per heavy atom. The van der Waals surface area contributed by atoms with Crippen LogP contribution in [0, 0.1) is 17.7 Å². The van der Waals surface area contributed by atoms with Gasteiger partial charge >= 0.3 is 6.09 Å². The van der Waals surface area contributed by atoms with Crippen LogP contribution in [-0.4, -0.2) is 65.6 Å². The van der Waals surface area contributed by atoms with E-state index in [9.17, 15) is 18.4 Å². The van der Waals surface area contributed by atoms with Crippen molar-refractivity contribution in [3.8, 4) is 22.6 Å². The maximum Gasteiger partial charge on any atom is 0.409 e. The number of ketones is 1. The predicted molar refractivity (Wildman–Crippen MR) is 156 cm³/mol. The Balaban J connectivity index is 1.17. The molecule has 2 fully saturated rings. The first-order valence-corrected chi connectivity index (χ1v) is 14.7. The third-order valence-electron chi connectivity index (χ3n) is 8.17. The van der Waals surface area contributed by atoms with Gasteiger partial charge in [0.1, 0.15) is 11.5 Å². The molecule has 0 N–H and O–H groups in total. The summed E-state index contributed by atoms with van der Waals surface area (Å²) < 4.78 is 36.5. The summed E-state index contributed by atoms with van der Waals surface area (Å²) in [5.41, 5.74) is 4.02. The number of carbonyl (C=O) groups excluding carboxylic acids is 2. The second-order valence-corrected chi connectivity index (χ2v) is 11.3. The summed E-state index contributed by atoms with van der Waals surface area (Å²) >= 11 is 0. The van der Waals surface area contributed by atoms with Crippen LogP contribution in [0.3, 0.4) is 0 Å². The average molecular weight is 598 g/mol. The normalized spacial score (nSPS) is 15.5. The summed E-state index contributed by atoms with van der Waals surface area (Å²) in [7, 11) is 0. The van der Waals surface area contributed by atoms with E-state index in [0.717, 1.165) is 30.2 Å². The maximum absolute atomic E-state index is 13.8. The van der Waals surface area contributed by atoms with Gasteiger partial charge in [-0.15, -0.1) is 0 Å². The molecule has 12 heteroatoms. The van der Waals surface area contributed by atoms with E-state index < -0.39 is 5.95 Å². The van der Waals surface area contributed by atoms with E-state index in [1.807, 2.05) is 12.1 Å². The highest BCUT2D eigenvalue weighted by atomic mass is 19.1. The largest absolute Gasteiger partial charge is 0.449 e. The van der Waals surface area contributed by atoms with Crippen molar-refractivity contribution in [1.82, 2.24) is 34.0 Å². The maximum atomic E-state index is 13.8. The second kappa shape index (κ2) is 11.6. The number of imidazole rings is 2. The van der Waals surface area contributed by atoms with Gasteiger partial charge in [0.15, 0.2) is 11.4 Å². The van der Waals surface area contributed by atoms with E-state index >= 15 is 0 Å². The lowest BCUT2D eigenvalue weighted by atomic mass is 10.0. The molecule has 0 spiro atoms. The lowest BCUT2D eigenvalue weighted by Gasteiger charge is -2.32. The van der Waals surface area contributed by atoms with Gasteiger partial charge in [0, 0.05) is 42.5 Å². The predicted octanol–water partition coefficient (Wildman–Crippen LogP) is 5.54. The SMILES string of the molecule is O=C(Cc1cn2nc(-c3c(-c4ccc(F)cc4)ncn3C3CCN(C(=O)OCC4CC4)CC3)ccc2n1)c1ccnc(F)c1. The van der Waals surface area contributed by atoms with Crippen molar-refractivity contribution in [2.24, 2.45) is 5.92 Å². The van der Waals surface area contributed by atoms with E-state index in [4.69, 9.17) is 14.8 Å². The van der Waals surface area contributed by atoms with Gasteiger partial charge in [-0.05, 0) is 74.1 Å². The van der Waals surface area contributed by atoms with Gasteiger partial charge in [-0.25, -0.2) is 28.7 Å². The third kappa shape index (κ3) is 5.79. The number of aromatic nitrogens is 6. The Kier molecular flexibility index (Phi) is 7.32. The lowest BCUT2D eigenvalue weighted by Crippen LogP contribution is -2.39. The zero-order valence-corrected chi connectivity index (χ0v) is 23.8. The van der Waals surface area contributed by atoms with Gasteiger partial charge in [0.2, 0.25) is 5.95 Å². The Morgan fingerprint density at radius 2 is 1.75 bits per heavy atom. The van der Waals surface area contributed by atoms with Crippen molar-refractivity contribution in [3.05, 3.63) is 90.3 Å². The van der Waals surface area contributed by atoms with Crippen LogP contribution in [0.25, 0.3) is 28.3 Å². The average Bonchev–Trinajstić information content (AvgIpc) is 3.62. The first-order valence-electron chi connectivity index (χ1n) is 14.7. The molecule has 10 nitrogen and oxygen atoms in total. The highest BCUT2D eigenvalue weighted by molar-refractivity contribution is 5.97. The molecule has 5 heterocycles. The van der Waals surface area contributed by atoms with Gasteiger partial charge in [-0.1, -0.05) is 0 Å². The molecule has 224 valence electrons. The molecule has 0 bridgehead atoms. The van der Waals surface area contributed by atoms with Crippen LogP contribution in [0.5, 0.6) is 0 Å². The van der Waals surface area contributed by atoms with Crippen LogP contribution in [0.4, 0.5) is 13.6 Å². The molecule has 2 aliphatic rings. The van der Waals surface area contributed by atoms with Crippen LogP contribution in [-0.2, 0) is 11.2 Å². The molecule has 0 unspecified atom stereocenters. The summed E-state index contributed by atoms with van der Waals surface area (Å²) in [6.45, 7) is 1.61. The van der Waals surface area contributed by atoms with Gasteiger partial charge in [-0.2, -0.15) is 9.49 Å². The minimum absolute atomic E-state index is 0.0252. The fourth-order valence-corrected chi connectivity index (χ4v) is 5.59. The smallest absolute Gasteiger partial charge is 0.409 e. The fraction of sp³-hybridized carbons (Fsp3) is 0.312. The molecule has 1 aromatic carbocycles. The summed E-state index contributed by atoms with van der Waals surface area (Å²) in [6, 6.07) is 12.4. The number of amides is 1. The number of fused-ring (bicyclic) bond motifs is 1. The van der Waals surface area contributed by atoms with Crippen molar-refractivity contribution in [2.45, 2.75) is 38.1 Å². The number of hydrogen-bond acceptors (Lipinski definition) is 7. The Labute approximate surface area is 251 Å². The quantitative estimate of drug-likeness (QED) is 0.171. The zero-order valence-electron chi connectivity index (χ0n) is 23.8. The van der Waals surface area contributed by atoms with Crippen LogP contribution in [0.2, 0.25) is 0 Å². The van der Waals surface area contributed by atoms with E-state index in [1.54, 1.807) is 34.1 Å². The number of pyridine rings is 1. The summed E-state index contributed by atoms with van der Waals surface area (Å²) in [6.07, 6.45) is 8.09. The monoisotopic (exact) mass is 597 g/mol. The summed E-state index contributed by atoms with van der Waals surface area (Å²) in [5, 5.41) is 4.84. The Morgan fingerprint density at radius 1 is 0.955 bits per heavy atom. The van der Waals surface area contributed by atoms with Crippen molar-refractivity contribution < 1.29 is 23.1 Å². The van der Waals surface area contributed by atoms with E-state index in [0.29, 0.717) is 61.2 Å². The Hall–Kier alpha value is -5.00. The number of ether oxygens (including phenoxy) is 1. The minimum Gasteiger partial charge on any atom is -0.449 e. The number of rotatable bonds is 8. The standard InChI is InChI=1S/C32H29F2N7O3/c33-23-5-3-21(4-6-23)30-31(40(19-36-30)25-10-13-39(14-11-25)32(43)44-18-20-1-2-20)26-7-8-29-37-24(17-41(29)38-26)16-27(42)22-9-12-35-28(34)15-22/h3-9,12,15,17,19-20,25H,1-2,10-11,13-14,16,18H2. The number of likely N-dealkylation sites (tertiary alicyclic amines) is 1. The fourth-order valence-electron chi connectivity index (χ4n) is 5.59. The first-order chi connectivity index (χ1) is 21.4. The van der Waals surface area contributed by atoms with Crippen LogP contribution in [0.15, 0.2) is 67.3 Å². The molecule has 1 amide bonds. The molecule has 0 atom stereocenters. The van der Waals surface area contributed by atoms with Crippen molar-refractivity contribution >= 4 is 17.5 Å². The van der Waals surface area contributed by atoms with E-state index in [-0.39, 0.29) is 35.7 Å². The second-order valence-electron chi connectivity index (χ2n) is 11.3. The van der Waals surface area contributed by atoms with Crippen LogP contribution in [0.1, 0.15) is 47.8 Å². The molecule has 1 saturated carbocycles. The lowest BCUT2D eigenvalue weighted by molar-refractivity contribution is 0.0851. The van der Waals surface area contributed by atoms with E-state index in [1.165, 1.54) is 24.4 Å². The molecule has 5 aromatic rings. The zero-order chi connectivity index (χ0) is 30.2. The summed E-state index contributed by atoms with van der Waals surface area (Å²) in [5.74, 6) is -0.831. The van der Waals surface area contributed by atoms with Crippen molar-refractivity contribution in [1.29, 1.82) is 0 Å². The number of hydrogen-bond donors (Lipinski definition) is 0. The van der Waals surface area contributed by atoms with Gasteiger partial charge in [0.05, 0.1) is 42.6 Å². The number of carbonyl (C=O) groups is 2. The molecule has 1 aliphatic heterocycles. The van der Waals surface area contributed by atoms with E-state index in [2.05, 4.69) is 14.5 Å². The minimum atomic E-state index is -0.718. The molecule has 4 aromatic heterocycles. The molecule has 7 rings (SSSR count). The van der Waals surface area contributed by atoms with Gasteiger partial charge < -0.3 is 14.2 Å². The molecule has 1 saturated heterocycles. The topological polar surface area (TPSA) is 108 Å². The summed E-state index contributed by atoms with van der Waals surface area (Å²) in [4.78, 5) is 39.8. The van der Waals surface area contributed by atoms with Gasteiger partial charge in [0.25, 0.3) is 0 Å². The molecule has 44 heavy (non-hydrogen) atoms. The molecule has 1 aliphatic carbocycles. The van der Waals surface area contributed by atoms with Crippen LogP contribution >= 0.6 is 0 Å². The first kappa shape index (κ1) is 27.8. The third-order valence-corrected chi connectivity index (χ3v) is 8.17. The van der Waals surface area contributed by atoms with Gasteiger partial charge in [-0.3, -0.25) is 4.79 Å². The Bertz CT molecular complexity index is 1840. The molecular formula is C32H29F2N7O3. The van der Waals surface area contributed by atoms with Crippen molar-refractivity contribution in [2.75, 3.05) is 19.7 Å². The number of halogens is 2. The van der Waals surface area contributed by atoms with Crippen LogP contribution < -0.4 is 0 Å². The highest BCUT2D eigenvalue weighted by Crippen LogP contribution is 2.36. The number of nitrogens with zero attached hydrogens (tertiary/aromatic N) is 7. The highest BCUT2D eigenvalue weighted by Gasteiger charge is 2.30. The molecule has 0 radical (unpaired) electrons. The molecular weight excluding hydrogens is 568 g/mol. The number of piperidine rings is 1.